The molecule has 0 aliphatic heterocycles. The van der Waals surface area contributed by atoms with Crippen molar-refractivity contribution in [1.29, 1.82) is 0 Å². The van der Waals surface area contributed by atoms with Crippen molar-refractivity contribution < 1.29 is 9.65 Å². The summed E-state index contributed by atoms with van der Waals surface area (Å²) in [7, 11) is 0. The molecular formula is C12H11N3O3. The van der Waals surface area contributed by atoms with Gasteiger partial charge in [-0.2, -0.15) is 4.73 Å². The second-order valence-corrected chi connectivity index (χ2v) is 3.96. The van der Waals surface area contributed by atoms with Crippen molar-refractivity contribution in [2.45, 2.75) is 13.8 Å². The first-order valence-electron chi connectivity index (χ1n) is 5.31. The Morgan fingerprint density at radius 1 is 1.28 bits per heavy atom. The summed E-state index contributed by atoms with van der Waals surface area (Å²) in [5.41, 5.74) is 1.51. The van der Waals surface area contributed by atoms with Crippen molar-refractivity contribution in [2.24, 2.45) is 0 Å². The van der Waals surface area contributed by atoms with Gasteiger partial charge in [-0.3, -0.25) is 10.1 Å². The van der Waals surface area contributed by atoms with Gasteiger partial charge in [0.2, 0.25) is 5.69 Å². The normalized spacial score (nSPS) is 10.3. The molecule has 92 valence electrons. The number of nitrogens with zero attached hydrogens (tertiary/aromatic N) is 3. The smallest absolute Gasteiger partial charge is 0.282 e. The van der Waals surface area contributed by atoms with Crippen LogP contribution >= 0.6 is 0 Å². The molecule has 0 N–H and O–H groups in total. The fourth-order valence-corrected chi connectivity index (χ4v) is 1.67. The van der Waals surface area contributed by atoms with Gasteiger partial charge in [0.1, 0.15) is 5.69 Å². The van der Waals surface area contributed by atoms with E-state index in [1.54, 1.807) is 25.1 Å². The van der Waals surface area contributed by atoms with E-state index >= 15 is 0 Å². The summed E-state index contributed by atoms with van der Waals surface area (Å²) in [6, 6.07) is 7.68. The molecule has 0 aliphatic rings. The summed E-state index contributed by atoms with van der Waals surface area (Å²) in [4.78, 5) is 14.5. The van der Waals surface area contributed by atoms with Crippen LogP contribution in [0.3, 0.4) is 0 Å². The molecule has 0 aromatic carbocycles. The summed E-state index contributed by atoms with van der Waals surface area (Å²) in [5.74, 6) is 0. The van der Waals surface area contributed by atoms with Crippen molar-refractivity contribution in [3.05, 3.63) is 57.0 Å². The highest BCUT2D eigenvalue weighted by molar-refractivity contribution is 5.55. The molecule has 6 nitrogen and oxygen atoms in total. The van der Waals surface area contributed by atoms with E-state index in [1.165, 1.54) is 19.1 Å². The van der Waals surface area contributed by atoms with Crippen molar-refractivity contribution in [3.63, 3.8) is 0 Å². The van der Waals surface area contributed by atoms with Gasteiger partial charge in [0.15, 0.2) is 5.69 Å². The standard InChI is InChI=1S/C12H11N3O3/c1-8-4-3-5-11(13-8)12-7-10(15(17)18)6-9(2)14(12)16/h3-7H,1-2H3. The highest BCUT2D eigenvalue weighted by atomic mass is 16.6. The molecule has 2 aromatic heterocycles. The first-order chi connectivity index (χ1) is 8.49. The highest BCUT2D eigenvalue weighted by Crippen LogP contribution is 2.20. The molecule has 0 saturated carbocycles. The van der Waals surface area contributed by atoms with Gasteiger partial charge in [0.25, 0.3) is 5.69 Å². The zero-order valence-electron chi connectivity index (χ0n) is 9.95. The van der Waals surface area contributed by atoms with Crippen LogP contribution in [0.15, 0.2) is 30.3 Å². The van der Waals surface area contributed by atoms with Gasteiger partial charge in [-0.25, -0.2) is 4.98 Å². The number of hydrogen-bond acceptors (Lipinski definition) is 4. The minimum Gasteiger partial charge on any atom is -0.618 e. The fraction of sp³-hybridized carbons (Fsp3) is 0.167. The Labute approximate surface area is 103 Å². The third kappa shape index (κ3) is 2.13. The first kappa shape index (κ1) is 12.0. The van der Waals surface area contributed by atoms with Gasteiger partial charge < -0.3 is 5.21 Å². The van der Waals surface area contributed by atoms with E-state index in [9.17, 15) is 15.3 Å². The lowest BCUT2D eigenvalue weighted by atomic mass is 10.2. The van der Waals surface area contributed by atoms with Crippen LogP contribution < -0.4 is 4.73 Å². The Balaban J connectivity index is 2.66. The topological polar surface area (TPSA) is 83.0 Å². The second kappa shape index (κ2) is 4.40. The molecule has 0 radical (unpaired) electrons. The number of nitro groups is 1. The second-order valence-electron chi connectivity index (χ2n) is 3.96. The molecule has 2 heterocycles. The van der Waals surface area contributed by atoms with E-state index in [0.29, 0.717) is 10.4 Å². The summed E-state index contributed by atoms with van der Waals surface area (Å²) >= 11 is 0. The lowest BCUT2D eigenvalue weighted by Gasteiger charge is -2.06. The van der Waals surface area contributed by atoms with Crippen LogP contribution in [0.4, 0.5) is 5.69 Å². The van der Waals surface area contributed by atoms with E-state index in [4.69, 9.17) is 0 Å². The number of aromatic nitrogens is 2. The number of pyridine rings is 2. The summed E-state index contributed by atoms with van der Waals surface area (Å²) < 4.78 is 0.648. The van der Waals surface area contributed by atoms with Gasteiger partial charge >= 0.3 is 0 Å². The Morgan fingerprint density at radius 3 is 2.61 bits per heavy atom. The average Bonchev–Trinajstić information content (AvgIpc) is 2.32. The highest BCUT2D eigenvalue weighted by Gasteiger charge is 2.19. The first-order valence-corrected chi connectivity index (χ1v) is 5.31. The quantitative estimate of drug-likeness (QED) is 0.350. The number of rotatable bonds is 2. The third-order valence-corrected chi connectivity index (χ3v) is 2.54. The SMILES string of the molecule is Cc1cccc(-c2cc([N+](=O)[O-])cc(C)[n+]2[O-])n1. The molecule has 0 aliphatic carbocycles. The predicted molar refractivity (Wildman–Crippen MR) is 64.8 cm³/mol. The van der Waals surface area contributed by atoms with Crippen molar-refractivity contribution in [2.75, 3.05) is 0 Å². The van der Waals surface area contributed by atoms with Gasteiger partial charge in [-0.1, -0.05) is 6.07 Å². The predicted octanol–water partition coefficient (Wildman–Crippen LogP) is 1.91. The zero-order valence-corrected chi connectivity index (χ0v) is 9.95. The third-order valence-electron chi connectivity index (χ3n) is 2.54. The molecule has 2 aromatic rings. The van der Waals surface area contributed by atoms with E-state index in [1.807, 2.05) is 0 Å². The van der Waals surface area contributed by atoms with Crippen LogP contribution in [0.1, 0.15) is 11.4 Å². The number of hydrogen-bond donors (Lipinski definition) is 0. The number of aryl methyl sites for hydroxylation is 2. The zero-order chi connectivity index (χ0) is 13.3. The van der Waals surface area contributed by atoms with Crippen LogP contribution in [0.5, 0.6) is 0 Å². The molecule has 0 spiro atoms. The summed E-state index contributed by atoms with van der Waals surface area (Å²) in [6.07, 6.45) is 0. The van der Waals surface area contributed by atoms with Crippen LogP contribution in [0.25, 0.3) is 11.4 Å². The minimum absolute atomic E-state index is 0.113. The molecular weight excluding hydrogens is 234 g/mol. The van der Waals surface area contributed by atoms with E-state index in [0.717, 1.165) is 5.69 Å². The maximum Gasteiger partial charge on any atom is 0.282 e. The molecule has 6 heteroatoms. The van der Waals surface area contributed by atoms with Crippen molar-refractivity contribution in [3.8, 4) is 11.4 Å². The summed E-state index contributed by atoms with van der Waals surface area (Å²) in [5, 5.41) is 22.7. The fourth-order valence-electron chi connectivity index (χ4n) is 1.67. The monoisotopic (exact) mass is 245 g/mol. The van der Waals surface area contributed by atoms with Gasteiger partial charge in [-0.05, 0) is 19.1 Å². The van der Waals surface area contributed by atoms with E-state index in [-0.39, 0.29) is 17.1 Å². The van der Waals surface area contributed by atoms with Crippen molar-refractivity contribution in [1.82, 2.24) is 4.98 Å². The molecule has 2 rings (SSSR count). The molecule has 0 amide bonds. The van der Waals surface area contributed by atoms with Gasteiger partial charge in [0.05, 0.1) is 17.1 Å². The Morgan fingerprint density at radius 2 is 2.00 bits per heavy atom. The van der Waals surface area contributed by atoms with Crippen LogP contribution in [0.2, 0.25) is 0 Å². The van der Waals surface area contributed by atoms with Gasteiger partial charge in [-0.15, -0.1) is 0 Å². The van der Waals surface area contributed by atoms with E-state index in [2.05, 4.69) is 4.98 Å². The van der Waals surface area contributed by atoms with Crippen LogP contribution in [0, 0.1) is 29.2 Å². The summed E-state index contributed by atoms with van der Waals surface area (Å²) in [6.45, 7) is 3.32. The molecule has 0 unspecified atom stereocenters. The van der Waals surface area contributed by atoms with Gasteiger partial charge in [0, 0.05) is 12.6 Å². The Kier molecular flexibility index (Phi) is 2.93. The van der Waals surface area contributed by atoms with Crippen molar-refractivity contribution >= 4 is 5.69 Å². The average molecular weight is 245 g/mol. The Bertz CT molecular complexity index is 626. The van der Waals surface area contributed by atoms with E-state index < -0.39 is 4.92 Å². The lowest BCUT2D eigenvalue weighted by Crippen LogP contribution is -2.33. The lowest BCUT2D eigenvalue weighted by molar-refractivity contribution is -0.601. The maximum atomic E-state index is 11.9. The van der Waals surface area contributed by atoms with Crippen LogP contribution in [-0.2, 0) is 0 Å². The Hall–Kier alpha value is -2.50. The molecule has 0 atom stereocenters. The molecule has 0 fully saturated rings. The minimum atomic E-state index is -0.522. The molecule has 0 bridgehead atoms. The van der Waals surface area contributed by atoms with Crippen LogP contribution in [-0.4, -0.2) is 9.91 Å². The molecule has 18 heavy (non-hydrogen) atoms. The molecule has 0 saturated heterocycles. The largest absolute Gasteiger partial charge is 0.618 e. The maximum absolute atomic E-state index is 11.9.